The maximum Gasteiger partial charge on any atom is 0.243 e. The van der Waals surface area contributed by atoms with Crippen molar-refractivity contribution in [3.63, 3.8) is 0 Å². The number of benzene rings is 3. The molecule has 3 aromatic carbocycles. The monoisotopic (exact) mass is 477 g/mol. The molecular formula is C24H20BrN3O3. The number of carbonyl (C=O) groups excluding carboxylic acids is 2. The molecule has 6 nitrogen and oxygen atoms in total. The van der Waals surface area contributed by atoms with Crippen LogP contribution in [0.25, 0.3) is 21.8 Å². The second kappa shape index (κ2) is 8.73. The van der Waals surface area contributed by atoms with Crippen LogP contribution >= 0.6 is 15.9 Å². The highest BCUT2D eigenvalue weighted by Crippen LogP contribution is 2.20. The SMILES string of the molecule is Cc1cc(Br)ccc1NC(=O)CNC(=O)Cn1c2ccccc2c(=O)c2ccccc21. The minimum atomic E-state index is -0.318. The van der Waals surface area contributed by atoms with Gasteiger partial charge >= 0.3 is 0 Å². The molecule has 4 rings (SSSR count). The first kappa shape index (κ1) is 20.8. The van der Waals surface area contributed by atoms with Crippen molar-refractivity contribution in [1.82, 2.24) is 9.88 Å². The van der Waals surface area contributed by atoms with Crippen molar-refractivity contribution < 1.29 is 9.59 Å². The Morgan fingerprint density at radius 3 is 2.13 bits per heavy atom. The zero-order valence-corrected chi connectivity index (χ0v) is 18.4. The Balaban J connectivity index is 1.53. The number of aromatic nitrogens is 1. The number of hydrogen-bond acceptors (Lipinski definition) is 3. The van der Waals surface area contributed by atoms with E-state index in [0.717, 1.165) is 10.0 Å². The number of carbonyl (C=O) groups is 2. The van der Waals surface area contributed by atoms with E-state index >= 15 is 0 Å². The number of para-hydroxylation sites is 2. The summed E-state index contributed by atoms with van der Waals surface area (Å²) in [5.74, 6) is -0.630. The van der Waals surface area contributed by atoms with Gasteiger partial charge in [0.05, 0.1) is 17.6 Å². The van der Waals surface area contributed by atoms with E-state index < -0.39 is 0 Å². The van der Waals surface area contributed by atoms with Gasteiger partial charge in [-0.1, -0.05) is 40.2 Å². The number of rotatable bonds is 5. The zero-order valence-electron chi connectivity index (χ0n) is 16.8. The number of nitrogens with one attached hydrogen (secondary N) is 2. The first-order chi connectivity index (χ1) is 14.9. The molecule has 0 radical (unpaired) electrons. The van der Waals surface area contributed by atoms with Gasteiger partial charge in [0.2, 0.25) is 11.8 Å². The molecule has 0 saturated heterocycles. The number of anilines is 1. The predicted octanol–water partition coefficient (Wildman–Crippen LogP) is 3.98. The Bertz CT molecular complexity index is 1320. The third-order valence-electron chi connectivity index (χ3n) is 5.09. The van der Waals surface area contributed by atoms with Crippen molar-refractivity contribution in [2.24, 2.45) is 0 Å². The smallest absolute Gasteiger partial charge is 0.243 e. The molecular weight excluding hydrogens is 458 g/mol. The molecule has 31 heavy (non-hydrogen) atoms. The Morgan fingerprint density at radius 2 is 1.52 bits per heavy atom. The lowest BCUT2D eigenvalue weighted by Crippen LogP contribution is -2.35. The number of nitrogens with zero attached hydrogens (tertiary/aromatic N) is 1. The molecule has 0 aliphatic carbocycles. The standard InChI is InChI=1S/C24H20BrN3O3/c1-15-12-16(25)10-11-19(15)27-22(29)13-26-23(30)14-28-20-8-4-2-6-17(20)24(31)18-7-3-5-9-21(18)28/h2-12H,13-14H2,1H3,(H,26,30)(H,27,29). The molecule has 0 fully saturated rings. The molecule has 1 heterocycles. The lowest BCUT2D eigenvalue weighted by molar-refractivity contribution is -0.124. The van der Waals surface area contributed by atoms with Crippen LogP contribution in [0.15, 0.2) is 76.0 Å². The molecule has 0 bridgehead atoms. The topological polar surface area (TPSA) is 80.2 Å². The van der Waals surface area contributed by atoms with E-state index in [2.05, 4.69) is 26.6 Å². The van der Waals surface area contributed by atoms with Gasteiger partial charge in [-0.05, 0) is 55.0 Å². The van der Waals surface area contributed by atoms with E-state index in [1.54, 1.807) is 34.9 Å². The number of amides is 2. The molecule has 0 atom stereocenters. The first-order valence-corrected chi connectivity index (χ1v) is 10.6. The van der Waals surface area contributed by atoms with Gasteiger partial charge in [-0.15, -0.1) is 0 Å². The van der Waals surface area contributed by atoms with Crippen LogP contribution in [0.5, 0.6) is 0 Å². The summed E-state index contributed by atoms with van der Waals surface area (Å²) in [6.07, 6.45) is 0. The van der Waals surface area contributed by atoms with Crippen molar-refractivity contribution in [2.45, 2.75) is 13.5 Å². The fourth-order valence-electron chi connectivity index (χ4n) is 3.59. The number of pyridine rings is 1. The van der Waals surface area contributed by atoms with Crippen LogP contribution in [0.3, 0.4) is 0 Å². The van der Waals surface area contributed by atoms with E-state index in [4.69, 9.17) is 0 Å². The molecule has 4 aromatic rings. The number of halogens is 1. The average Bonchev–Trinajstić information content (AvgIpc) is 2.77. The van der Waals surface area contributed by atoms with Crippen LogP contribution in [0.4, 0.5) is 5.69 Å². The predicted molar refractivity (Wildman–Crippen MR) is 126 cm³/mol. The average molecular weight is 478 g/mol. The van der Waals surface area contributed by atoms with Gasteiger partial charge in [0.1, 0.15) is 6.54 Å². The van der Waals surface area contributed by atoms with Crippen LogP contribution in [-0.4, -0.2) is 22.9 Å². The van der Waals surface area contributed by atoms with Crippen LogP contribution < -0.4 is 16.1 Å². The van der Waals surface area contributed by atoms with Crippen molar-refractivity contribution in [1.29, 1.82) is 0 Å². The fourth-order valence-corrected chi connectivity index (χ4v) is 4.06. The van der Waals surface area contributed by atoms with Crippen LogP contribution in [0.2, 0.25) is 0 Å². The molecule has 0 saturated carbocycles. The summed E-state index contributed by atoms with van der Waals surface area (Å²) in [5, 5.41) is 6.57. The van der Waals surface area contributed by atoms with Gasteiger partial charge in [-0.25, -0.2) is 0 Å². The second-order valence-corrected chi connectivity index (χ2v) is 8.15. The van der Waals surface area contributed by atoms with Crippen molar-refractivity contribution in [3.05, 3.63) is 87.0 Å². The Hall–Kier alpha value is -3.45. The van der Waals surface area contributed by atoms with Crippen LogP contribution in [0.1, 0.15) is 5.56 Å². The van der Waals surface area contributed by atoms with Crippen molar-refractivity contribution in [3.8, 4) is 0 Å². The highest BCUT2D eigenvalue weighted by Gasteiger charge is 2.13. The lowest BCUT2D eigenvalue weighted by Gasteiger charge is -2.15. The normalized spacial score (nSPS) is 10.9. The van der Waals surface area contributed by atoms with E-state index in [9.17, 15) is 14.4 Å². The summed E-state index contributed by atoms with van der Waals surface area (Å²) >= 11 is 3.39. The number of hydrogen-bond donors (Lipinski definition) is 2. The Labute approximate surface area is 187 Å². The second-order valence-electron chi connectivity index (χ2n) is 7.23. The Kier molecular flexibility index (Phi) is 5.86. The fraction of sp³-hybridized carbons (Fsp3) is 0.125. The summed E-state index contributed by atoms with van der Waals surface area (Å²) in [6.45, 7) is 1.74. The highest BCUT2D eigenvalue weighted by molar-refractivity contribution is 9.10. The minimum Gasteiger partial charge on any atom is -0.345 e. The maximum atomic E-state index is 12.8. The van der Waals surface area contributed by atoms with Gasteiger partial charge in [-0.3, -0.25) is 14.4 Å². The molecule has 2 amide bonds. The minimum absolute atomic E-state index is 0.00804. The molecule has 2 N–H and O–H groups in total. The van der Waals surface area contributed by atoms with Gasteiger partial charge in [-0.2, -0.15) is 0 Å². The van der Waals surface area contributed by atoms with E-state index in [0.29, 0.717) is 27.5 Å². The van der Waals surface area contributed by atoms with Gasteiger partial charge in [0, 0.05) is 20.9 Å². The van der Waals surface area contributed by atoms with E-state index in [1.165, 1.54) is 0 Å². The summed E-state index contributed by atoms with van der Waals surface area (Å²) in [5.41, 5.74) is 2.90. The van der Waals surface area contributed by atoms with E-state index in [-0.39, 0.29) is 30.3 Å². The van der Waals surface area contributed by atoms with Gasteiger partial charge in [0.25, 0.3) is 0 Å². The third-order valence-corrected chi connectivity index (χ3v) is 5.58. The molecule has 1 aromatic heterocycles. The summed E-state index contributed by atoms with van der Waals surface area (Å²) < 4.78 is 2.73. The van der Waals surface area contributed by atoms with Gasteiger partial charge in [0.15, 0.2) is 5.43 Å². The summed E-state index contributed by atoms with van der Waals surface area (Å²) in [7, 11) is 0. The highest BCUT2D eigenvalue weighted by atomic mass is 79.9. The molecule has 0 spiro atoms. The quantitative estimate of drug-likeness (QED) is 0.426. The molecule has 0 unspecified atom stereocenters. The largest absolute Gasteiger partial charge is 0.345 e. The first-order valence-electron chi connectivity index (χ1n) is 9.77. The molecule has 7 heteroatoms. The maximum absolute atomic E-state index is 12.8. The summed E-state index contributed by atoms with van der Waals surface area (Å²) in [6, 6.07) is 20.0. The van der Waals surface area contributed by atoms with Crippen molar-refractivity contribution >= 4 is 55.2 Å². The third kappa shape index (κ3) is 4.36. The van der Waals surface area contributed by atoms with Crippen LogP contribution in [-0.2, 0) is 16.1 Å². The molecule has 0 aliphatic rings. The van der Waals surface area contributed by atoms with Gasteiger partial charge < -0.3 is 15.2 Å². The summed E-state index contributed by atoms with van der Waals surface area (Å²) in [4.78, 5) is 37.7. The lowest BCUT2D eigenvalue weighted by atomic mass is 10.1. The number of aryl methyl sites for hydroxylation is 1. The number of fused-ring (bicyclic) bond motifs is 2. The Morgan fingerprint density at radius 1 is 0.903 bits per heavy atom. The van der Waals surface area contributed by atoms with Crippen LogP contribution in [0, 0.1) is 6.92 Å². The molecule has 0 aliphatic heterocycles. The van der Waals surface area contributed by atoms with Crippen molar-refractivity contribution in [2.75, 3.05) is 11.9 Å². The van der Waals surface area contributed by atoms with E-state index in [1.807, 2.05) is 43.3 Å². The molecule has 156 valence electrons. The zero-order chi connectivity index (χ0) is 22.0.